The van der Waals surface area contributed by atoms with Crippen molar-refractivity contribution in [2.24, 2.45) is 12.8 Å². The lowest BCUT2D eigenvalue weighted by Gasteiger charge is -2.05. The van der Waals surface area contributed by atoms with Gasteiger partial charge in [-0.05, 0) is 24.6 Å². The van der Waals surface area contributed by atoms with Gasteiger partial charge in [0.2, 0.25) is 0 Å². The van der Waals surface area contributed by atoms with Crippen LogP contribution in [0.3, 0.4) is 0 Å². The van der Waals surface area contributed by atoms with Gasteiger partial charge in [0.25, 0.3) is 0 Å². The monoisotopic (exact) mass is 231 g/mol. The van der Waals surface area contributed by atoms with Gasteiger partial charge < -0.3 is 10.5 Å². The average molecular weight is 231 g/mol. The number of nitrogens with two attached hydrogens (primary N) is 1. The largest absolute Gasteiger partial charge is 0.497 e. The number of aromatic nitrogens is 2. The normalized spacial score (nSPS) is 10.6. The first kappa shape index (κ1) is 11.7. The van der Waals surface area contributed by atoms with E-state index in [9.17, 15) is 0 Å². The van der Waals surface area contributed by atoms with Gasteiger partial charge in [0.05, 0.1) is 12.8 Å². The van der Waals surface area contributed by atoms with Gasteiger partial charge in [0.15, 0.2) is 0 Å². The molecule has 0 amide bonds. The maximum atomic E-state index is 5.73. The van der Waals surface area contributed by atoms with Crippen molar-refractivity contribution in [1.29, 1.82) is 0 Å². The van der Waals surface area contributed by atoms with E-state index in [4.69, 9.17) is 10.5 Å². The highest BCUT2D eigenvalue weighted by molar-refractivity contribution is 5.69. The van der Waals surface area contributed by atoms with Crippen molar-refractivity contribution in [3.8, 4) is 16.9 Å². The molecule has 2 aromatic rings. The third-order valence-electron chi connectivity index (χ3n) is 2.98. The number of hydrogen-bond donors (Lipinski definition) is 1. The Kier molecular flexibility index (Phi) is 3.15. The lowest BCUT2D eigenvalue weighted by atomic mass is 10.0. The molecule has 0 atom stereocenters. The smallest absolute Gasteiger partial charge is 0.118 e. The Bertz CT molecular complexity index is 514. The molecule has 17 heavy (non-hydrogen) atoms. The fourth-order valence-electron chi connectivity index (χ4n) is 1.95. The highest BCUT2D eigenvalue weighted by Crippen LogP contribution is 2.28. The second-order valence-corrected chi connectivity index (χ2v) is 3.96. The zero-order chi connectivity index (χ0) is 12.4. The van der Waals surface area contributed by atoms with Crippen molar-refractivity contribution < 1.29 is 4.74 Å². The zero-order valence-electron chi connectivity index (χ0n) is 10.4. The van der Waals surface area contributed by atoms with Gasteiger partial charge >= 0.3 is 0 Å². The fraction of sp³-hybridized carbons (Fsp3) is 0.308. The second-order valence-electron chi connectivity index (χ2n) is 3.96. The van der Waals surface area contributed by atoms with E-state index in [1.165, 1.54) is 0 Å². The van der Waals surface area contributed by atoms with Crippen molar-refractivity contribution in [3.05, 3.63) is 35.7 Å². The van der Waals surface area contributed by atoms with E-state index in [2.05, 4.69) is 5.10 Å². The Labute approximate surface area is 101 Å². The summed E-state index contributed by atoms with van der Waals surface area (Å²) in [7, 11) is 3.59. The van der Waals surface area contributed by atoms with Crippen LogP contribution in [0, 0.1) is 6.92 Å². The molecule has 1 heterocycles. The van der Waals surface area contributed by atoms with E-state index in [1.807, 2.05) is 42.9 Å². The maximum absolute atomic E-state index is 5.73. The van der Waals surface area contributed by atoms with Crippen LogP contribution in [-0.2, 0) is 13.6 Å². The first-order valence-corrected chi connectivity index (χ1v) is 5.54. The molecule has 0 aliphatic carbocycles. The lowest BCUT2D eigenvalue weighted by molar-refractivity contribution is 0.415. The molecule has 0 radical (unpaired) electrons. The number of methoxy groups -OCH3 is 1. The van der Waals surface area contributed by atoms with Crippen LogP contribution in [0.4, 0.5) is 0 Å². The number of hydrogen-bond acceptors (Lipinski definition) is 3. The van der Waals surface area contributed by atoms with Crippen LogP contribution in [0.5, 0.6) is 5.75 Å². The molecule has 4 heteroatoms. The van der Waals surface area contributed by atoms with Crippen molar-refractivity contribution in [2.75, 3.05) is 7.11 Å². The molecule has 0 fully saturated rings. The number of aryl methyl sites for hydroxylation is 1. The molecule has 0 spiro atoms. The highest BCUT2D eigenvalue weighted by atomic mass is 16.5. The van der Waals surface area contributed by atoms with Crippen LogP contribution in [0.15, 0.2) is 24.3 Å². The van der Waals surface area contributed by atoms with Crippen LogP contribution < -0.4 is 10.5 Å². The van der Waals surface area contributed by atoms with E-state index < -0.39 is 0 Å². The van der Waals surface area contributed by atoms with E-state index >= 15 is 0 Å². The average Bonchev–Trinajstić information content (AvgIpc) is 2.65. The summed E-state index contributed by atoms with van der Waals surface area (Å²) in [4.78, 5) is 0. The van der Waals surface area contributed by atoms with Crippen molar-refractivity contribution in [3.63, 3.8) is 0 Å². The van der Waals surface area contributed by atoms with Crippen LogP contribution in [0.1, 0.15) is 11.4 Å². The molecule has 4 nitrogen and oxygen atoms in total. The van der Waals surface area contributed by atoms with Crippen LogP contribution >= 0.6 is 0 Å². The summed E-state index contributed by atoms with van der Waals surface area (Å²) in [5.74, 6) is 0.851. The number of nitrogens with zero attached hydrogens (tertiary/aromatic N) is 2. The summed E-state index contributed by atoms with van der Waals surface area (Å²) < 4.78 is 7.01. The third kappa shape index (κ3) is 2.03. The molecule has 0 saturated carbocycles. The molecule has 0 bridgehead atoms. The summed E-state index contributed by atoms with van der Waals surface area (Å²) >= 11 is 0. The maximum Gasteiger partial charge on any atom is 0.118 e. The Morgan fingerprint density at radius 1 is 1.29 bits per heavy atom. The van der Waals surface area contributed by atoms with Crippen molar-refractivity contribution in [2.45, 2.75) is 13.5 Å². The number of ether oxygens (including phenoxy) is 1. The molecular weight excluding hydrogens is 214 g/mol. The highest BCUT2D eigenvalue weighted by Gasteiger charge is 2.13. The SMILES string of the molecule is COc1ccc(-c2c(CN)nn(C)c2C)cc1. The van der Waals surface area contributed by atoms with Gasteiger partial charge in [0.1, 0.15) is 5.75 Å². The van der Waals surface area contributed by atoms with Crippen molar-refractivity contribution >= 4 is 0 Å². The molecule has 2 rings (SSSR count). The lowest BCUT2D eigenvalue weighted by Crippen LogP contribution is -1.99. The van der Waals surface area contributed by atoms with Gasteiger partial charge in [-0.1, -0.05) is 12.1 Å². The fourth-order valence-corrected chi connectivity index (χ4v) is 1.95. The first-order chi connectivity index (χ1) is 8.17. The molecule has 0 saturated heterocycles. The third-order valence-corrected chi connectivity index (χ3v) is 2.98. The van der Waals surface area contributed by atoms with Gasteiger partial charge in [-0.25, -0.2) is 0 Å². The molecule has 1 aromatic heterocycles. The van der Waals surface area contributed by atoms with E-state index in [-0.39, 0.29) is 0 Å². The minimum Gasteiger partial charge on any atom is -0.497 e. The molecule has 1 aromatic carbocycles. The predicted octanol–water partition coefficient (Wildman–Crippen LogP) is 1.86. The second kappa shape index (κ2) is 4.59. The Morgan fingerprint density at radius 3 is 2.47 bits per heavy atom. The number of benzene rings is 1. The molecular formula is C13H17N3O. The van der Waals surface area contributed by atoms with E-state index in [1.54, 1.807) is 7.11 Å². The summed E-state index contributed by atoms with van der Waals surface area (Å²) in [6.07, 6.45) is 0. The summed E-state index contributed by atoms with van der Waals surface area (Å²) in [6, 6.07) is 7.95. The molecule has 0 aliphatic heterocycles. The molecule has 0 unspecified atom stereocenters. The Hall–Kier alpha value is -1.81. The van der Waals surface area contributed by atoms with Crippen LogP contribution in [-0.4, -0.2) is 16.9 Å². The number of rotatable bonds is 3. The van der Waals surface area contributed by atoms with Crippen molar-refractivity contribution in [1.82, 2.24) is 9.78 Å². The van der Waals surface area contributed by atoms with Gasteiger partial charge in [-0.3, -0.25) is 4.68 Å². The first-order valence-electron chi connectivity index (χ1n) is 5.54. The van der Waals surface area contributed by atoms with E-state index in [0.29, 0.717) is 6.54 Å². The standard InChI is InChI=1S/C13H17N3O/c1-9-13(12(8-14)15-16(9)2)10-4-6-11(17-3)7-5-10/h4-7H,8,14H2,1-3H3. The molecule has 90 valence electrons. The quantitative estimate of drug-likeness (QED) is 0.877. The Balaban J connectivity index is 2.51. The summed E-state index contributed by atoms with van der Waals surface area (Å²) in [5.41, 5.74) is 10.0. The topological polar surface area (TPSA) is 53.1 Å². The Morgan fingerprint density at radius 2 is 1.94 bits per heavy atom. The zero-order valence-corrected chi connectivity index (χ0v) is 10.4. The van der Waals surface area contributed by atoms with E-state index in [0.717, 1.165) is 28.3 Å². The summed E-state index contributed by atoms with van der Waals surface area (Å²) in [5, 5.41) is 4.41. The van der Waals surface area contributed by atoms with Crippen LogP contribution in [0.2, 0.25) is 0 Å². The minimum absolute atomic E-state index is 0.447. The minimum atomic E-state index is 0.447. The molecule has 0 aliphatic rings. The van der Waals surface area contributed by atoms with Crippen LogP contribution in [0.25, 0.3) is 11.1 Å². The van der Waals surface area contributed by atoms with Gasteiger partial charge in [-0.2, -0.15) is 5.10 Å². The summed E-state index contributed by atoms with van der Waals surface area (Å²) in [6.45, 7) is 2.49. The van der Waals surface area contributed by atoms with Gasteiger partial charge in [0, 0.05) is 24.8 Å². The molecule has 2 N–H and O–H groups in total. The predicted molar refractivity (Wildman–Crippen MR) is 67.8 cm³/mol. The van der Waals surface area contributed by atoms with Gasteiger partial charge in [-0.15, -0.1) is 0 Å².